The maximum Gasteiger partial charge on any atom is 1.00 e. The molecule has 5 heterocycles. The minimum absolute atomic E-state index is 0. The van der Waals surface area contributed by atoms with E-state index in [1.165, 1.54) is 41.5 Å². The van der Waals surface area contributed by atoms with Crippen LogP contribution in [0.15, 0.2) is 114 Å². The fourth-order valence-corrected chi connectivity index (χ4v) is 5.44. The molecular weight excluding hydrogens is 655 g/mol. The van der Waals surface area contributed by atoms with E-state index in [1.54, 1.807) is 41.1 Å². The third-order valence-corrected chi connectivity index (χ3v) is 7.84. The maximum absolute atomic E-state index is 5.21. The zero-order chi connectivity index (χ0) is 29.2. The van der Waals surface area contributed by atoms with Gasteiger partial charge in [-0.2, -0.15) is 0 Å². The van der Waals surface area contributed by atoms with E-state index < -0.39 is 0 Å². The summed E-state index contributed by atoms with van der Waals surface area (Å²) in [5, 5.41) is 3.98. The molecule has 0 amide bonds. The summed E-state index contributed by atoms with van der Waals surface area (Å²) in [6.45, 7) is 2.00. The fourth-order valence-electron chi connectivity index (χ4n) is 3.34. The van der Waals surface area contributed by atoms with Crippen LogP contribution in [0.1, 0.15) is 14.3 Å². The van der Waals surface area contributed by atoms with E-state index in [0.717, 1.165) is 33.0 Å². The van der Waals surface area contributed by atoms with Crippen molar-refractivity contribution in [1.82, 2.24) is 29.9 Å². The molecule has 7 rings (SSSR count). The number of nitrogen functional groups attached to an aromatic ring is 1. The molecule has 0 bridgehead atoms. The van der Waals surface area contributed by atoms with Gasteiger partial charge in [0, 0.05) is 38.0 Å². The first-order valence-electron chi connectivity index (χ1n) is 13.0. The van der Waals surface area contributed by atoms with Gasteiger partial charge in [0.2, 0.25) is 0 Å². The van der Waals surface area contributed by atoms with Gasteiger partial charge in [-0.15, -0.1) is 11.3 Å². The summed E-state index contributed by atoms with van der Waals surface area (Å²) < 4.78 is 5.88. The number of anilines is 3. The molecule has 1 saturated heterocycles. The van der Waals surface area contributed by atoms with Gasteiger partial charge in [0.1, 0.15) is 24.3 Å². The predicted molar refractivity (Wildman–Crippen MR) is 176 cm³/mol. The van der Waals surface area contributed by atoms with E-state index in [1.807, 2.05) is 54.9 Å². The molecule has 216 valence electrons. The van der Waals surface area contributed by atoms with Crippen molar-refractivity contribution in [2.45, 2.75) is 12.8 Å². The summed E-state index contributed by atoms with van der Waals surface area (Å²) in [7, 11) is 0. The Bertz CT molecular complexity index is 1560. The molecular formula is C30H30BrN8NaOS2. The SMILES string of the molecule is Brc1ncc(-c2ccccc2)s1.C1CCOC1.Nc1ccncn1.[H-].[Na+].c1ccc(-c2cnc(Nc3ccncn3)s2)cc1. The Hall–Kier alpha value is -3.10. The predicted octanol–water partition coefficient (Wildman–Crippen LogP) is 4.89. The zero-order valence-electron chi connectivity index (χ0n) is 24.6. The average Bonchev–Trinajstić information content (AvgIpc) is 3.85. The van der Waals surface area contributed by atoms with Gasteiger partial charge < -0.3 is 17.2 Å². The molecule has 0 aliphatic carbocycles. The number of nitrogens with two attached hydrogens (primary N) is 1. The Labute approximate surface area is 291 Å². The minimum Gasteiger partial charge on any atom is -1.00 e. The summed E-state index contributed by atoms with van der Waals surface area (Å²) in [6.07, 6.45) is 12.5. The normalized spacial score (nSPS) is 11.3. The molecule has 0 spiro atoms. The van der Waals surface area contributed by atoms with Crippen LogP contribution in [0.3, 0.4) is 0 Å². The van der Waals surface area contributed by atoms with E-state index in [-0.39, 0.29) is 31.0 Å². The van der Waals surface area contributed by atoms with Crippen molar-refractivity contribution in [2.24, 2.45) is 0 Å². The fraction of sp³-hybridized carbons (Fsp3) is 0.133. The number of nitrogens with one attached hydrogen (secondary N) is 1. The van der Waals surface area contributed by atoms with Crippen molar-refractivity contribution in [3.63, 3.8) is 0 Å². The van der Waals surface area contributed by atoms with Gasteiger partial charge in [0.25, 0.3) is 0 Å². The van der Waals surface area contributed by atoms with Gasteiger partial charge >= 0.3 is 29.6 Å². The summed E-state index contributed by atoms with van der Waals surface area (Å²) in [4.78, 5) is 26.1. The molecule has 6 aromatic rings. The van der Waals surface area contributed by atoms with E-state index >= 15 is 0 Å². The van der Waals surface area contributed by atoms with Crippen molar-refractivity contribution in [3.05, 3.63) is 114 Å². The van der Waals surface area contributed by atoms with Crippen LogP contribution < -0.4 is 40.6 Å². The smallest absolute Gasteiger partial charge is 1.00 e. The molecule has 9 nitrogen and oxygen atoms in total. The number of hydrogen-bond acceptors (Lipinski definition) is 11. The van der Waals surface area contributed by atoms with Crippen LogP contribution in [-0.4, -0.2) is 43.1 Å². The second-order valence-electron chi connectivity index (χ2n) is 8.41. The van der Waals surface area contributed by atoms with Crippen molar-refractivity contribution in [2.75, 3.05) is 24.3 Å². The standard InChI is InChI=1S/C13H10N4S.C9H6BrNS.C4H5N3.C4H8O.Na.H/c1-2-4-10(5-3-1)11-8-15-13(18-11)17-12-6-7-14-9-16-12;10-9-11-6-8(12-9)7-4-2-1-3-5-7;5-4-1-2-6-3-7-4;1-2-4-5-3-1;;/h1-9H,(H,14,15,16,17);1-6H;1-3H,(H2,5,6,7);1-4H2;;/q;;;;+1;-1. The first kappa shape index (κ1) is 34.4. The number of aromatic nitrogens is 6. The molecule has 0 saturated carbocycles. The first-order valence-corrected chi connectivity index (χ1v) is 15.4. The quantitative estimate of drug-likeness (QED) is 0.250. The minimum atomic E-state index is 0. The van der Waals surface area contributed by atoms with Crippen LogP contribution in [0.5, 0.6) is 0 Å². The number of halogens is 1. The molecule has 1 aliphatic heterocycles. The number of hydrogen-bond donors (Lipinski definition) is 2. The Morgan fingerprint density at radius 1 is 0.721 bits per heavy atom. The Morgan fingerprint density at radius 3 is 1.74 bits per heavy atom. The number of thiazole rings is 2. The maximum atomic E-state index is 5.21. The van der Waals surface area contributed by atoms with Crippen molar-refractivity contribution < 1.29 is 35.7 Å². The summed E-state index contributed by atoms with van der Waals surface area (Å²) >= 11 is 6.58. The van der Waals surface area contributed by atoms with Gasteiger partial charge in [-0.3, -0.25) is 0 Å². The second-order valence-corrected chi connectivity index (χ2v) is 11.7. The van der Waals surface area contributed by atoms with Gasteiger partial charge in [-0.1, -0.05) is 72.0 Å². The Kier molecular flexibility index (Phi) is 16.0. The molecule has 0 unspecified atom stereocenters. The van der Waals surface area contributed by atoms with E-state index in [9.17, 15) is 0 Å². The van der Waals surface area contributed by atoms with Gasteiger partial charge in [0.15, 0.2) is 9.05 Å². The second kappa shape index (κ2) is 20.0. The van der Waals surface area contributed by atoms with Crippen LogP contribution in [0.25, 0.3) is 20.9 Å². The first-order chi connectivity index (χ1) is 20.7. The number of rotatable bonds is 4. The monoisotopic (exact) mass is 684 g/mol. The molecule has 2 aromatic carbocycles. The van der Waals surface area contributed by atoms with Crippen LogP contribution >= 0.6 is 38.6 Å². The zero-order valence-corrected chi connectivity index (χ0v) is 28.8. The number of ether oxygens (including phenoxy) is 1. The molecule has 3 N–H and O–H groups in total. The third-order valence-electron chi connectivity index (χ3n) is 5.35. The summed E-state index contributed by atoms with van der Waals surface area (Å²) in [6, 6.07) is 23.9. The molecule has 1 fully saturated rings. The van der Waals surface area contributed by atoms with Crippen LogP contribution in [0.2, 0.25) is 0 Å². The van der Waals surface area contributed by atoms with Crippen LogP contribution in [-0.2, 0) is 4.74 Å². The average molecular weight is 686 g/mol. The number of nitrogens with zero attached hydrogens (tertiary/aromatic N) is 6. The summed E-state index contributed by atoms with van der Waals surface area (Å²) in [5.74, 6) is 1.26. The Morgan fingerprint density at radius 2 is 1.30 bits per heavy atom. The summed E-state index contributed by atoms with van der Waals surface area (Å²) in [5.41, 5.74) is 7.60. The van der Waals surface area contributed by atoms with Crippen molar-refractivity contribution in [1.29, 1.82) is 0 Å². The van der Waals surface area contributed by atoms with Crippen LogP contribution in [0.4, 0.5) is 16.8 Å². The van der Waals surface area contributed by atoms with E-state index in [2.05, 4.69) is 75.4 Å². The van der Waals surface area contributed by atoms with Gasteiger partial charge in [-0.05, 0) is 52.0 Å². The topological polar surface area (TPSA) is 125 Å². The number of benzene rings is 2. The largest absolute Gasteiger partial charge is 1.00 e. The molecule has 43 heavy (non-hydrogen) atoms. The molecule has 0 atom stereocenters. The molecule has 13 heteroatoms. The Balaban J connectivity index is 0.000000224. The van der Waals surface area contributed by atoms with Gasteiger partial charge in [-0.25, -0.2) is 29.9 Å². The third kappa shape index (κ3) is 13.0. The van der Waals surface area contributed by atoms with Gasteiger partial charge in [0.05, 0.1) is 9.75 Å². The van der Waals surface area contributed by atoms with Crippen LogP contribution in [0, 0.1) is 0 Å². The van der Waals surface area contributed by atoms with Crippen molar-refractivity contribution in [3.8, 4) is 20.9 Å². The molecule has 0 radical (unpaired) electrons. The molecule has 4 aromatic heterocycles. The molecule has 1 aliphatic rings. The van der Waals surface area contributed by atoms with E-state index in [0.29, 0.717) is 5.82 Å². The van der Waals surface area contributed by atoms with Crippen molar-refractivity contribution >= 4 is 55.4 Å². The van der Waals surface area contributed by atoms with E-state index in [4.69, 9.17) is 10.5 Å².